The number of fused-ring (bicyclic) bond motifs is 2. The van der Waals surface area contributed by atoms with Crippen LogP contribution < -0.4 is 10.1 Å². The van der Waals surface area contributed by atoms with Gasteiger partial charge in [0.2, 0.25) is 0 Å². The topological polar surface area (TPSA) is 68.5 Å². The number of amides is 1. The summed E-state index contributed by atoms with van der Waals surface area (Å²) in [6.07, 6.45) is 1.82. The van der Waals surface area contributed by atoms with Gasteiger partial charge in [-0.05, 0) is 74.9 Å². The van der Waals surface area contributed by atoms with Crippen molar-refractivity contribution in [2.24, 2.45) is 0 Å². The molecule has 0 radical (unpaired) electrons. The molecule has 7 heteroatoms. The lowest BCUT2D eigenvalue weighted by Gasteiger charge is -2.08. The van der Waals surface area contributed by atoms with Crippen LogP contribution in [0.15, 0.2) is 60.8 Å². The van der Waals surface area contributed by atoms with Crippen molar-refractivity contribution in [2.75, 3.05) is 11.9 Å². The summed E-state index contributed by atoms with van der Waals surface area (Å²) >= 11 is 1.67. The zero-order valence-electron chi connectivity index (χ0n) is 18.0. The Balaban J connectivity index is 1.40. The SMILES string of the molecule is CCOc1cccn2c(C(=O)Nc3ccc(-c4nc5ccc(C)cc5s4)cc3)c(C)nc12. The largest absolute Gasteiger partial charge is 0.490 e. The summed E-state index contributed by atoms with van der Waals surface area (Å²) < 4.78 is 8.59. The van der Waals surface area contributed by atoms with E-state index in [0.29, 0.717) is 35.1 Å². The van der Waals surface area contributed by atoms with Crippen LogP contribution in [0, 0.1) is 13.8 Å². The van der Waals surface area contributed by atoms with Gasteiger partial charge in [0, 0.05) is 17.4 Å². The number of hydrogen-bond acceptors (Lipinski definition) is 5. The summed E-state index contributed by atoms with van der Waals surface area (Å²) in [5, 5.41) is 3.95. The molecule has 0 saturated carbocycles. The van der Waals surface area contributed by atoms with Gasteiger partial charge in [-0.3, -0.25) is 9.20 Å². The number of anilines is 1. The van der Waals surface area contributed by atoms with Gasteiger partial charge in [-0.15, -0.1) is 11.3 Å². The Morgan fingerprint density at radius 3 is 2.69 bits per heavy atom. The molecule has 1 N–H and O–H groups in total. The molecule has 0 bridgehead atoms. The molecule has 3 aromatic heterocycles. The van der Waals surface area contributed by atoms with Crippen LogP contribution in [0.25, 0.3) is 26.4 Å². The molecule has 160 valence electrons. The van der Waals surface area contributed by atoms with Crippen LogP contribution >= 0.6 is 11.3 Å². The van der Waals surface area contributed by atoms with Crippen molar-refractivity contribution in [3.63, 3.8) is 0 Å². The number of nitrogens with one attached hydrogen (secondary N) is 1. The molecule has 0 unspecified atom stereocenters. The number of carbonyl (C=O) groups is 1. The summed E-state index contributed by atoms with van der Waals surface area (Å²) in [4.78, 5) is 22.3. The summed E-state index contributed by atoms with van der Waals surface area (Å²) in [7, 11) is 0. The zero-order chi connectivity index (χ0) is 22.2. The maximum atomic E-state index is 13.1. The number of ether oxygens (including phenoxy) is 1. The van der Waals surface area contributed by atoms with Crippen LogP contribution in [0.1, 0.15) is 28.7 Å². The molecule has 3 heterocycles. The molecule has 6 nitrogen and oxygen atoms in total. The average molecular weight is 443 g/mol. The first-order chi connectivity index (χ1) is 15.5. The Labute approximate surface area is 189 Å². The third-order valence-corrected chi connectivity index (χ3v) is 6.30. The summed E-state index contributed by atoms with van der Waals surface area (Å²) in [6.45, 7) is 6.37. The first-order valence-electron chi connectivity index (χ1n) is 10.4. The Kier molecular flexibility index (Phi) is 5.11. The van der Waals surface area contributed by atoms with Crippen LogP contribution in [0.2, 0.25) is 0 Å². The van der Waals surface area contributed by atoms with E-state index in [1.165, 1.54) is 10.3 Å². The highest BCUT2D eigenvalue weighted by molar-refractivity contribution is 7.21. The summed E-state index contributed by atoms with van der Waals surface area (Å²) in [6, 6.07) is 17.7. The maximum absolute atomic E-state index is 13.1. The number of nitrogens with zero attached hydrogens (tertiary/aromatic N) is 3. The van der Waals surface area contributed by atoms with Gasteiger partial charge in [0.15, 0.2) is 11.4 Å². The fraction of sp³-hybridized carbons (Fsp3) is 0.160. The number of aryl methyl sites for hydroxylation is 2. The van der Waals surface area contributed by atoms with E-state index in [2.05, 4.69) is 35.4 Å². The highest BCUT2D eigenvalue weighted by Gasteiger charge is 2.19. The van der Waals surface area contributed by atoms with Gasteiger partial charge in [0.25, 0.3) is 5.91 Å². The molecule has 0 atom stereocenters. The lowest BCUT2D eigenvalue weighted by molar-refractivity contribution is 0.102. The minimum absolute atomic E-state index is 0.216. The number of aromatic nitrogens is 3. The van der Waals surface area contributed by atoms with E-state index in [-0.39, 0.29) is 5.91 Å². The van der Waals surface area contributed by atoms with Crippen molar-refractivity contribution in [1.29, 1.82) is 0 Å². The van der Waals surface area contributed by atoms with Crippen molar-refractivity contribution in [3.05, 3.63) is 77.7 Å². The first kappa shape index (κ1) is 20.2. The minimum Gasteiger partial charge on any atom is -0.490 e. The molecule has 32 heavy (non-hydrogen) atoms. The highest BCUT2D eigenvalue weighted by atomic mass is 32.1. The van der Waals surface area contributed by atoms with Crippen molar-refractivity contribution >= 4 is 38.8 Å². The van der Waals surface area contributed by atoms with E-state index in [1.807, 2.05) is 56.4 Å². The van der Waals surface area contributed by atoms with Gasteiger partial charge < -0.3 is 10.1 Å². The number of carbonyl (C=O) groups excluding carboxylic acids is 1. The molecule has 0 aliphatic rings. The molecule has 2 aromatic carbocycles. The number of imidazole rings is 1. The van der Waals surface area contributed by atoms with Gasteiger partial charge in [-0.25, -0.2) is 9.97 Å². The quantitative estimate of drug-likeness (QED) is 0.369. The van der Waals surface area contributed by atoms with E-state index < -0.39 is 0 Å². The number of thiazole rings is 1. The third kappa shape index (κ3) is 3.61. The number of rotatable bonds is 5. The first-order valence-corrected chi connectivity index (χ1v) is 11.2. The predicted molar refractivity (Wildman–Crippen MR) is 129 cm³/mol. The Morgan fingerprint density at radius 2 is 1.91 bits per heavy atom. The summed E-state index contributed by atoms with van der Waals surface area (Å²) in [5.74, 6) is 0.444. The molecule has 0 fully saturated rings. The zero-order valence-corrected chi connectivity index (χ0v) is 18.9. The van der Waals surface area contributed by atoms with E-state index in [0.717, 1.165) is 16.1 Å². The van der Waals surface area contributed by atoms with E-state index in [4.69, 9.17) is 9.72 Å². The van der Waals surface area contributed by atoms with Crippen LogP contribution in [0.3, 0.4) is 0 Å². The molecule has 0 aliphatic carbocycles. The molecule has 5 rings (SSSR count). The van der Waals surface area contributed by atoms with Gasteiger partial charge in [-0.1, -0.05) is 6.07 Å². The normalized spacial score (nSPS) is 11.2. The van der Waals surface area contributed by atoms with Crippen molar-refractivity contribution in [2.45, 2.75) is 20.8 Å². The van der Waals surface area contributed by atoms with E-state index in [1.54, 1.807) is 15.7 Å². The van der Waals surface area contributed by atoms with E-state index in [9.17, 15) is 4.79 Å². The second kappa shape index (κ2) is 8.09. The molecule has 0 spiro atoms. The van der Waals surface area contributed by atoms with Gasteiger partial charge in [0.05, 0.1) is 22.5 Å². The average Bonchev–Trinajstić information content (AvgIpc) is 3.35. The van der Waals surface area contributed by atoms with Gasteiger partial charge in [-0.2, -0.15) is 0 Å². The second-order valence-electron chi connectivity index (χ2n) is 7.57. The van der Waals surface area contributed by atoms with Gasteiger partial charge >= 0.3 is 0 Å². The van der Waals surface area contributed by atoms with Crippen molar-refractivity contribution in [3.8, 4) is 16.3 Å². The van der Waals surface area contributed by atoms with Crippen molar-refractivity contribution < 1.29 is 9.53 Å². The molecule has 5 aromatic rings. The number of benzene rings is 2. The smallest absolute Gasteiger partial charge is 0.274 e. The Bertz CT molecular complexity index is 1450. The van der Waals surface area contributed by atoms with Crippen molar-refractivity contribution in [1.82, 2.24) is 14.4 Å². The Morgan fingerprint density at radius 1 is 1.09 bits per heavy atom. The fourth-order valence-electron chi connectivity index (χ4n) is 3.74. The van der Waals surface area contributed by atoms with Gasteiger partial charge in [0.1, 0.15) is 10.7 Å². The monoisotopic (exact) mass is 442 g/mol. The standard InChI is InChI=1S/C25H22N4O2S/c1-4-31-20-6-5-13-29-22(16(3)26-23(20)29)24(30)27-18-10-8-17(9-11-18)25-28-19-12-7-15(2)14-21(19)32-25/h5-14H,4H2,1-3H3,(H,27,30). The lowest BCUT2D eigenvalue weighted by Crippen LogP contribution is -2.15. The van der Waals surface area contributed by atoms with Crippen LogP contribution in [0.4, 0.5) is 5.69 Å². The minimum atomic E-state index is -0.216. The highest BCUT2D eigenvalue weighted by Crippen LogP contribution is 2.31. The fourth-order valence-corrected chi connectivity index (χ4v) is 4.81. The molecule has 0 saturated heterocycles. The van der Waals surface area contributed by atoms with Crippen LogP contribution in [-0.2, 0) is 0 Å². The third-order valence-electron chi connectivity index (χ3n) is 5.24. The molecule has 0 aliphatic heterocycles. The van der Waals surface area contributed by atoms with Crippen LogP contribution in [0.5, 0.6) is 5.75 Å². The lowest BCUT2D eigenvalue weighted by atomic mass is 10.2. The maximum Gasteiger partial charge on any atom is 0.274 e. The predicted octanol–water partition coefficient (Wildman–Crippen LogP) is 5.88. The summed E-state index contributed by atoms with van der Waals surface area (Å²) in [5.41, 5.74) is 5.74. The van der Waals surface area contributed by atoms with Crippen LogP contribution in [-0.4, -0.2) is 26.9 Å². The Hall–Kier alpha value is -3.71. The molecular formula is C25H22N4O2S. The second-order valence-corrected chi connectivity index (χ2v) is 8.60. The number of hydrogen-bond donors (Lipinski definition) is 1. The number of pyridine rings is 1. The van der Waals surface area contributed by atoms with E-state index >= 15 is 0 Å². The molecular weight excluding hydrogens is 420 g/mol. The molecule has 1 amide bonds.